The molecule has 0 aliphatic carbocycles. The van der Waals surface area contributed by atoms with Gasteiger partial charge in [-0.15, -0.1) is 0 Å². The van der Waals surface area contributed by atoms with Gasteiger partial charge in [-0.25, -0.2) is 0 Å². The normalized spacial score (nSPS) is 18.4. The van der Waals surface area contributed by atoms with Crippen LogP contribution >= 0.6 is 0 Å². The zero-order valence-corrected chi connectivity index (χ0v) is 10.9. The van der Waals surface area contributed by atoms with Crippen molar-refractivity contribution in [2.24, 2.45) is 0 Å². The summed E-state index contributed by atoms with van der Waals surface area (Å²) in [6, 6.07) is 6.28. The molecule has 0 radical (unpaired) electrons. The molecule has 1 heterocycles. The molecule has 1 aliphatic heterocycles. The summed E-state index contributed by atoms with van der Waals surface area (Å²) in [6.07, 6.45) is 1.94. The van der Waals surface area contributed by atoms with E-state index in [9.17, 15) is 4.79 Å². The van der Waals surface area contributed by atoms with Gasteiger partial charge in [0.2, 0.25) is 0 Å². The summed E-state index contributed by atoms with van der Waals surface area (Å²) in [7, 11) is 1.40. The molecule has 0 fully saturated rings. The molecular formula is C14H19NO3. The van der Waals surface area contributed by atoms with Crippen LogP contribution in [0.5, 0.6) is 5.75 Å². The topological polar surface area (TPSA) is 47.6 Å². The average molecular weight is 249 g/mol. The van der Waals surface area contributed by atoms with Gasteiger partial charge < -0.3 is 9.47 Å². The summed E-state index contributed by atoms with van der Waals surface area (Å²) >= 11 is 0. The second-order valence-electron chi connectivity index (χ2n) is 4.49. The van der Waals surface area contributed by atoms with Gasteiger partial charge in [0, 0.05) is 11.6 Å². The summed E-state index contributed by atoms with van der Waals surface area (Å²) < 4.78 is 10.4. The molecule has 0 saturated heterocycles. The summed E-state index contributed by atoms with van der Waals surface area (Å²) in [6.45, 7) is 3.00. The van der Waals surface area contributed by atoms with Gasteiger partial charge in [0.25, 0.3) is 0 Å². The number of nitrogens with one attached hydrogen (secondary N) is 1. The van der Waals surface area contributed by atoms with Crippen LogP contribution < -0.4 is 10.1 Å². The van der Waals surface area contributed by atoms with Crippen molar-refractivity contribution in [2.45, 2.75) is 25.8 Å². The van der Waals surface area contributed by atoms with E-state index in [2.05, 4.69) is 16.1 Å². The Hall–Kier alpha value is -1.55. The highest BCUT2D eigenvalue weighted by Crippen LogP contribution is 2.33. The van der Waals surface area contributed by atoms with E-state index in [0.717, 1.165) is 36.3 Å². The first kappa shape index (κ1) is 12.9. The summed E-state index contributed by atoms with van der Waals surface area (Å²) in [5.74, 6) is 0.715. The summed E-state index contributed by atoms with van der Waals surface area (Å²) in [4.78, 5) is 11.2. The number of hydrogen-bond acceptors (Lipinski definition) is 4. The van der Waals surface area contributed by atoms with Gasteiger partial charge in [0.15, 0.2) is 0 Å². The second kappa shape index (κ2) is 5.87. The van der Waals surface area contributed by atoms with E-state index in [-0.39, 0.29) is 18.6 Å². The lowest BCUT2D eigenvalue weighted by Crippen LogP contribution is -2.28. The first-order chi connectivity index (χ1) is 8.72. The van der Waals surface area contributed by atoms with Crippen molar-refractivity contribution < 1.29 is 14.3 Å². The molecule has 0 bridgehead atoms. The molecule has 0 amide bonds. The number of hydrogen-bond donors (Lipinski definition) is 1. The maximum Gasteiger partial charge on any atom is 0.319 e. The van der Waals surface area contributed by atoms with Crippen molar-refractivity contribution in [3.63, 3.8) is 0 Å². The van der Waals surface area contributed by atoms with Crippen LogP contribution in [0.15, 0.2) is 18.2 Å². The number of rotatable bonds is 3. The number of aryl methyl sites for hydroxylation is 1. The van der Waals surface area contributed by atoms with Gasteiger partial charge in [0.05, 0.1) is 20.3 Å². The Kier molecular flexibility index (Phi) is 4.20. The number of ether oxygens (including phenoxy) is 2. The molecule has 0 spiro atoms. The number of esters is 1. The SMILES string of the molecule is COC(=O)CNC1CCCOc2c(C)cccc21. The van der Waals surface area contributed by atoms with E-state index in [0.29, 0.717) is 0 Å². The van der Waals surface area contributed by atoms with Crippen LogP contribution in [0.25, 0.3) is 0 Å². The number of methoxy groups -OCH3 is 1. The van der Waals surface area contributed by atoms with E-state index in [4.69, 9.17) is 4.74 Å². The Balaban J connectivity index is 2.17. The first-order valence-electron chi connectivity index (χ1n) is 6.25. The average Bonchev–Trinajstić information content (AvgIpc) is 2.59. The maximum absolute atomic E-state index is 11.2. The van der Waals surface area contributed by atoms with Gasteiger partial charge >= 0.3 is 5.97 Å². The minimum atomic E-state index is -0.241. The van der Waals surface area contributed by atoms with Crippen LogP contribution in [0.3, 0.4) is 0 Å². The molecule has 0 aromatic heterocycles. The third-order valence-corrected chi connectivity index (χ3v) is 3.22. The lowest BCUT2D eigenvalue weighted by Gasteiger charge is -2.18. The minimum Gasteiger partial charge on any atom is -0.493 e. The van der Waals surface area contributed by atoms with E-state index >= 15 is 0 Å². The molecule has 1 N–H and O–H groups in total. The zero-order chi connectivity index (χ0) is 13.0. The minimum absolute atomic E-state index is 0.154. The Labute approximate surface area is 107 Å². The second-order valence-corrected chi connectivity index (χ2v) is 4.49. The number of carbonyl (C=O) groups excluding carboxylic acids is 1. The summed E-state index contributed by atoms with van der Waals surface area (Å²) in [5, 5.41) is 3.24. The molecule has 0 saturated carbocycles. The van der Waals surface area contributed by atoms with Crippen LogP contribution in [0.2, 0.25) is 0 Å². The van der Waals surface area contributed by atoms with E-state index in [1.165, 1.54) is 7.11 Å². The molecule has 1 unspecified atom stereocenters. The predicted octanol–water partition coefficient (Wildman–Crippen LogP) is 1.97. The zero-order valence-electron chi connectivity index (χ0n) is 10.9. The largest absolute Gasteiger partial charge is 0.493 e. The highest BCUT2D eigenvalue weighted by molar-refractivity contribution is 5.71. The Bertz CT molecular complexity index is 431. The fraction of sp³-hybridized carbons (Fsp3) is 0.500. The highest BCUT2D eigenvalue weighted by atomic mass is 16.5. The first-order valence-corrected chi connectivity index (χ1v) is 6.25. The van der Waals surface area contributed by atoms with E-state index < -0.39 is 0 Å². The fourth-order valence-corrected chi connectivity index (χ4v) is 2.25. The van der Waals surface area contributed by atoms with Crippen molar-refractivity contribution in [3.05, 3.63) is 29.3 Å². The molecule has 2 rings (SSSR count). The lowest BCUT2D eigenvalue weighted by atomic mass is 10.00. The van der Waals surface area contributed by atoms with Crippen molar-refractivity contribution in [1.29, 1.82) is 0 Å². The summed E-state index contributed by atoms with van der Waals surface area (Å²) in [5.41, 5.74) is 2.27. The van der Waals surface area contributed by atoms with Crippen molar-refractivity contribution in [1.82, 2.24) is 5.32 Å². The van der Waals surface area contributed by atoms with Gasteiger partial charge in [-0.1, -0.05) is 18.2 Å². The molecule has 98 valence electrons. The number of para-hydroxylation sites is 1. The molecule has 18 heavy (non-hydrogen) atoms. The highest BCUT2D eigenvalue weighted by Gasteiger charge is 2.21. The van der Waals surface area contributed by atoms with Gasteiger partial charge in [-0.3, -0.25) is 10.1 Å². The number of fused-ring (bicyclic) bond motifs is 1. The smallest absolute Gasteiger partial charge is 0.319 e. The van der Waals surface area contributed by atoms with E-state index in [1.807, 2.05) is 19.1 Å². The van der Waals surface area contributed by atoms with Gasteiger partial charge in [0.1, 0.15) is 5.75 Å². The third-order valence-electron chi connectivity index (χ3n) is 3.22. The molecule has 4 nitrogen and oxygen atoms in total. The van der Waals surface area contributed by atoms with Crippen LogP contribution in [-0.4, -0.2) is 26.2 Å². The Morgan fingerprint density at radius 3 is 3.17 bits per heavy atom. The van der Waals surface area contributed by atoms with E-state index in [1.54, 1.807) is 0 Å². The molecule has 1 aromatic rings. The fourth-order valence-electron chi connectivity index (χ4n) is 2.25. The molecule has 4 heteroatoms. The lowest BCUT2D eigenvalue weighted by molar-refractivity contribution is -0.139. The monoisotopic (exact) mass is 249 g/mol. The van der Waals surface area contributed by atoms with Gasteiger partial charge in [-0.05, 0) is 25.3 Å². The molecule has 1 atom stereocenters. The standard InChI is InChI=1S/C14H19NO3/c1-10-5-3-6-11-12(15-9-13(16)17-2)7-4-8-18-14(10)11/h3,5-6,12,15H,4,7-9H2,1-2H3. The Morgan fingerprint density at radius 1 is 1.56 bits per heavy atom. The van der Waals surface area contributed by atoms with Crippen LogP contribution in [0, 0.1) is 6.92 Å². The van der Waals surface area contributed by atoms with Crippen LogP contribution in [0.4, 0.5) is 0 Å². The van der Waals surface area contributed by atoms with Crippen LogP contribution in [-0.2, 0) is 9.53 Å². The third kappa shape index (κ3) is 2.82. The molecule has 1 aromatic carbocycles. The van der Waals surface area contributed by atoms with Crippen molar-refractivity contribution >= 4 is 5.97 Å². The van der Waals surface area contributed by atoms with Crippen molar-refractivity contribution in [3.8, 4) is 5.75 Å². The molecule has 1 aliphatic rings. The Morgan fingerprint density at radius 2 is 2.39 bits per heavy atom. The van der Waals surface area contributed by atoms with Crippen LogP contribution in [0.1, 0.15) is 30.0 Å². The number of carbonyl (C=O) groups is 1. The predicted molar refractivity (Wildman–Crippen MR) is 68.7 cm³/mol. The quantitative estimate of drug-likeness (QED) is 0.832. The maximum atomic E-state index is 11.2. The van der Waals surface area contributed by atoms with Gasteiger partial charge in [-0.2, -0.15) is 0 Å². The van der Waals surface area contributed by atoms with Crippen molar-refractivity contribution in [2.75, 3.05) is 20.3 Å². The molecular weight excluding hydrogens is 230 g/mol. The number of benzene rings is 1.